The Bertz CT molecular complexity index is 435. The predicted molar refractivity (Wildman–Crippen MR) is 40.7 cm³/mol. The van der Waals surface area contributed by atoms with E-state index in [1.165, 1.54) is 10.6 Å². The van der Waals surface area contributed by atoms with Crippen molar-refractivity contribution < 1.29 is 4.92 Å². The highest BCUT2D eigenvalue weighted by Crippen LogP contribution is 2.12. The van der Waals surface area contributed by atoms with E-state index >= 15 is 0 Å². The van der Waals surface area contributed by atoms with Gasteiger partial charge in [-0.2, -0.15) is 4.40 Å². The van der Waals surface area contributed by atoms with Crippen molar-refractivity contribution in [2.24, 2.45) is 0 Å². The van der Waals surface area contributed by atoms with Gasteiger partial charge in [0.25, 0.3) is 0 Å². The SMILES string of the molecule is O=[N+]([O-])c1cnc2[c]cccn12. The van der Waals surface area contributed by atoms with Crippen LogP contribution in [0.5, 0.6) is 0 Å². The Morgan fingerprint density at radius 3 is 3.25 bits per heavy atom. The molecule has 5 heteroatoms. The lowest BCUT2D eigenvalue weighted by molar-refractivity contribution is -0.390. The van der Waals surface area contributed by atoms with Gasteiger partial charge in [-0.05, 0) is 17.1 Å². The Kier molecular flexibility index (Phi) is 1.30. The zero-order valence-electron chi connectivity index (χ0n) is 5.97. The number of hydrogen-bond acceptors (Lipinski definition) is 3. The van der Waals surface area contributed by atoms with Crippen LogP contribution in [0, 0.1) is 16.2 Å². The molecule has 0 aliphatic carbocycles. The maximum absolute atomic E-state index is 10.4. The lowest BCUT2D eigenvalue weighted by Gasteiger charge is -1.90. The molecule has 2 aromatic heterocycles. The van der Waals surface area contributed by atoms with Gasteiger partial charge in [0.15, 0.2) is 0 Å². The van der Waals surface area contributed by atoms with E-state index in [1.807, 2.05) is 0 Å². The second-order valence-corrected chi connectivity index (χ2v) is 2.22. The number of fused-ring (bicyclic) bond motifs is 1. The van der Waals surface area contributed by atoms with Crippen LogP contribution in [0.15, 0.2) is 24.5 Å². The number of hydrogen-bond donors (Lipinski definition) is 0. The Hall–Kier alpha value is -1.91. The van der Waals surface area contributed by atoms with Gasteiger partial charge in [0.1, 0.15) is 6.20 Å². The summed E-state index contributed by atoms with van der Waals surface area (Å²) >= 11 is 0. The molecule has 0 saturated carbocycles. The number of aromatic nitrogens is 2. The molecule has 0 atom stereocenters. The average molecular weight is 162 g/mol. The van der Waals surface area contributed by atoms with Crippen molar-refractivity contribution >= 4 is 11.5 Å². The summed E-state index contributed by atoms with van der Waals surface area (Å²) in [5, 5.41) is 10.4. The summed E-state index contributed by atoms with van der Waals surface area (Å²) < 4.78 is 1.37. The van der Waals surface area contributed by atoms with E-state index in [0.717, 1.165) is 0 Å². The Labute approximate surface area is 67.4 Å². The van der Waals surface area contributed by atoms with Crippen LogP contribution in [0.1, 0.15) is 0 Å². The summed E-state index contributed by atoms with van der Waals surface area (Å²) in [6.45, 7) is 0. The molecule has 0 amide bonds. The van der Waals surface area contributed by atoms with Crippen LogP contribution in [-0.2, 0) is 0 Å². The van der Waals surface area contributed by atoms with E-state index < -0.39 is 4.92 Å². The first-order valence-electron chi connectivity index (χ1n) is 3.27. The molecule has 0 aliphatic rings. The lowest BCUT2D eigenvalue weighted by Crippen LogP contribution is -1.92. The second-order valence-electron chi connectivity index (χ2n) is 2.22. The van der Waals surface area contributed by atoms with Crippen molar-refractivity contribution in [1.29, 1.82) is 0 Å². The lowest BCUT2D eigenvalue weighted by atomic mass is 10.5. The van der Waals surface area contributed by atoms with Gasteiger partial charge in [-0.25, -0.2) is 4.98 Å². The number of nitrogens with zero attached hydrogens (tertiary/aromatic N) is 3. The topological polar surface area (TPSA) is 60.4 Å². The molecule has 0 spiro atoms. The van der Waals surface area contributed by atoms with Gasteiger partial charge in [0, 0.05) is 0 Å². The number of imidazole rings is 1. The standard InChI is InChI=1S/C7H4N3O2/c11-10(12)7-5-8-6-3-1-2-4-9(6)7/h1-2,4-5H. The highest BCUT2D eigenvalue weighted by molar-refractivity contribution is 5.42. The van der Waals surface area contributed by atoms with E-state index in [1.54, 1.807) is 18.3 Å². The molecule has 5 nitrogen and oxygen atoms in total. The normalized spacial score (nSPS) is 10.3. The van der Waals surface area contributed by atoms with Gasteiger partial charge in [0.2, 0.25) is 5.65 Å². The zero-order valence-corrected chi connectivity index (χ0v) is 5.97. The van der Waals surface area contributed by atoms with E-state index in [2.05, 4.69) is 11.1 Å². The molecule has 0 unspecified atom stereocenters. The van der Waals surface area contributed by atoms with Crippen molar-refractivity contribution in [3.05, 3.63) is 40.7 Å². The second kappa shape index (κ2) is 2.30. The maximum Gasteiger partial charge on any atom is 0.347 e. The van der Waals surface area contributed by atoms with Crippen LogP contribution in [0.25, 0.3) is 5.65 Å². The summed E-state index contributed by atoms with van der Waals surface area (Å²) in [5.74, 6) is -0.0400. The van der Waals surface area contributed by atoms with Crippen LogP contribution >= 0.6 is 0 Å². The Morgan fingerprint density at radius 2 is 2.50 bits per heavy atom. The third-order valence-corrected chi connectivity index (χ3v) is 1.51. The molecule has 2 rings (SSSR count). The molecule has 0 bridgehead atoms. The van der Waals surface area contributed by atoms with Crippen LogP contribution in [0.4, 0.5) is 5.82 Å². The first-order valence-corrected chi connectivity index (χ1v) is 3.27. The van der Waals surface area contributed by atoms with Crippen molar-refractivity contribution in [1.82, 2.24) is 9.38 Å². The molecule has 2 aromatic rings. The Morgan fingerprint density at radius 1 is 1.67 bits per heavy atom. The number of rotatable bonds is 1. The van der Waals surface area contributed by atoms with Gasteiger partial charge < -0.3 is 10.1 Å². The van der Waals surface area contributed by atoms with Crippen LogP contribution in [-0.4, -0.2) is 14.3 Å². The maximum atomic E-state index is 10.4. The van der Waals surface area contributed by atoms with Gasteiger partial charge in [0.05, 0.1) is 12.3 Å². The summed E-state index contributed by atoms with van der Waals surface area (Å²) in [7, 11) is 0. The van der Waals surface area contributed by atoms with Gasteiger partial charge in [-0.3, -0.25) is 0 Å². The molecular weight excluding hydrogens is 158 g/mol. The minimum Gasteiger partial charge on any atom is -0.358 e. The van der Waals surface area contributed by atoms with Gasteiger partial charge >= 0.3 is 5.82 Å². The van der Waals surface area contributed by atoms with Crippen molar-refractivity contribution in [2.45, 2.75) is 0 Å². The van der Waals surface area contributed by atoms with Gasteiger partial charge in [-0.15, -0.1) is 0 Å². The quantitative estimate of drug-likeness (QED) is 0.465. The summed E-state index contributed by atoms with van der Waals surface area (Å²) in [5.41, 5.74) is 0.462. The molecule has 59 valence electrons. The largest absolute Gasteiger partial charge is 0.358 e. The Balaban J connectivity index is 2.79. The minimum absolute atomic E-state index is 0.0400. The fourth-order valence-electron chi connectivity index (χ4n) is 0.992. The number of pyridine rings is 1. The van der Waals surface area contributed by atoms with Crippen LogP contribution in [0.3, 0.4) is 0 Å². The summed E-state index contributed by atoms with van der Waals surface area (Å²) in [6.07, 6.45) is 2.79. The first kappa shape index (κ1) is 6.78. The first-order chi connectivity index (χ1) is 5.79. The fraction of sp³-hybridized carbons (Fsp3) is 0. The predicted octanol–water partition coefficient (Wildman–Crippen LogP) is 1.04. The van der Waals surface area contributed by atoms with Crippen molar-refractivity contribution in [3.8, 4) is 0 Å². The third-order valence-electron chi connectivity index (χ3n) is 1.51. The smallest absolute Gasteiger partial charge is 0.347 e. The van der Waals surface area contributed by atoms with E-state index in [0.29, 0.717) is 5.65 Å². The van der Waals surface area contributed by atoms with E-state index in [-0.39, 0.29) is 5.82 Å². The number of nitro groups is 1. The molecular formula is C7H4N3O2. The molecule has 0 fully saturated rings. The monoisotopic (exact) mass is 162 g/mol. The van der Waals surface area contributed by atoms with Gasteiger partial charge in [-0.1, -0.05) is 0 Å². The molecule has 0 saturated heterocycles. The highest BCUT2D eigenvalue weighted by Gasteiger charge is 2.11. The van der Waals surface area contributed by atoms with E-state index in [9.17, 15) is 10.1 Å². The third kappa shape index (κ3) is 0.833. The molecule has 0 aliphatic heterocycles. The van der Waals surface area contributed by atoms with Crippen LogP contribution in [0.2, 0.25) is 0 Å². The van der Waals surface area contributed by atoms with Crippen molar-refractivity contribution in [2.75, 3.05) is 0 Å². The molecule has 12 heavy (non-hydrogen) atoms. The zero-order chi connectivity index (χ0) is 8.55. The fourth-order valence-corrected chi connectivity index (χ4v) is 0.992. The molecule has 2 heterocycles. The average Bonchev–Trinajstić information content (AvgIpc) is 2.47. The summed E-state index contributed by atoms with van der Waals surface area (Å²) in [6, 6.07) is 6.10. The molecule has 1 radical (unpaired) electrons. The van der Waals surface area contributed by atoms with E-state index in [4.69, 9.17) is 0 Å². The molecule has 0 aromatic carbocycles. The molecule has 0 N–H and O–H groups in total. The highest BCUT2D eigenvalue weighted by atomic mass is 16.6. The van der Waals surface area contributed by atoms with Crippen molar-refractivity contribution in [3.63, 3.8) is 0 Å². The minimum atomic E-state index is -0.478. The summed E-state index contributed by atoms with van der Waals surface area (Å²) in [4.78, 5) is 13.7. The van der Waals surface area contributed by atoms with Crippen LogP contribution < -0.4 is 0 Å².